The molecule has 0 spiro atoms. The number of carbonyl (C=O) groups is 1. The molecule has 0 heterocycles. The first-order chi connectivity index (χ1) is 15.4. The summed E-state index contributed by atoms with van der Waals surface area (Å²) in [6, 6.07) is -0.621. The number of amides is 2. The molecular weight excluding hydrogens is 436 g/mol. The fraction of sp³-hybridized carbons (Fsp3) is 0.962. The Kier molecular flexibility index (Phi) is 6.89. The summed E-state index contributed by atoms with van der Waals surface area (Å²) in [5.74, 6) is 4.58. The van der Waals surface area contributed by atoms with E-state index in [4.69, 9.17) is 0 Å². The maximum atomic E-state index is 12.0. The molecule has 33 heavy (non-hydrogen) atoms. The molecule has 0 aromatic rings. The van der Waals surface area contributed by atoms with Gasteiger partial charge in [0.25, 0.3) is 0 Å². The Morgan fingerprint density at radius 2 is 1.70 bits per heavy atom. The van der Waals surface area contributed by atoms with Crippen LogP contribution in [0.15, 0.2) is 0 Å². The average molecular weight is 483 g/mol. The van der Waals surface area contributed by atoms with Crippen LogP contribution < -0.4 is 10.0 Å². The molecule has 2 amide bonds. The number of sulfonamides is 1. The molecule has 4 aliphatic carbocycles. The zero-order chi connectivity index (χ0) is 24.2. The molecule has 4 aliphatic rings. The smallest absolute Gasteiger partial charge is 0.328 e. The zero-order valence-corrected chi connectivity index (χ0v) is 22.1. The van der Waals surface area contributed by atoms with E-state index >= 15 is 0 Å². The van der Waals surface area contributed by atoms with E-state index in [1.165, 1.54) is 44.9 Å². The second kappa shape index (κ2) is 9.00. The van der Waals surface area contributed by atoms with Crippen LogP contribution in [0.25, 0.3) is 0 Å². The number of aliphatic hydroxyl groups is 1. The molecule has 4 saturated carbocycles. The molecule has 4 fully saturated rings. The predicted octanol–water partition coefficient (Wildman–Crippen LogP) is 4.54. The van der Waals surface area contributed by atoms with Crippen molar-refractivity contribution < 1.29 is 18.3 Å². The van der Waals surface area contributed by atoms with Gasteiger partial charge < -0.3 is 10.4 Å². The maximum Gasteiger partial charge on any atom is 0.328 e. The lowest BCUT2D eigenvalue weighted by Crippen LogP contribution is -2.57. The lowest BCUT2D eigenvalue weighted by Gasteiger charge is -2.63. The Morgan fingerprint density at radius 1 is 1.03 bits per heavy atom. The third-order valence-electron chi connectivity index (χ3n) is 11.0. The molecule has 0 bridgehead atoms. The van der Waals surface area contributed by atoms with Crippen molar-refractivity contribution >= 4 is 16.1 Å². The first kappa shape index (κ1) is 25.3. The minimum absolute atomic E-state index is 0.105. The molecule has 0 saturated heterocycles. The van der Waals surface area contributed by atoms with Crippen LogP contribution in [0.2, 0.25) is 0 Å². The number of hydrogen-bond acceptors (Lipinski definition) is 4. The van der Waals surface area contributed by atoms with Gasteiger partial charge in [0.2, 0.25) is 10.0 Å². The fourth-order valence-corrected chi connectivity index (χ4v) is 9.92. The Morgan fingerprint density at radius 3 is 2.36 bits per heavy atom. The van der Waals surface area contributed by atoms with Crippen LogP contribution in [-0.2, 0) is 10.0 Å². The van der Waals surface area contributed by atoms with Gasteiger partial charge in [-0.25, -0.2) is 17.9 Å². The third kappa shape index (κ3) is 4.57. The number of rotatable bonds is 5. The van der Waals surface area contributed by atoms with Crippen molar-refractivity contribution in [2.24, 2.45) is 52.3 Å². The Balaban J connectivity index is 1.48. The molecule has 0 aromatic carbocycles. The minimum Gasteiger partial charge on any atom is -0.393 e. The van der Waals surface area contributed by atoms with E-state index < -0.39 is 16.1 Å². The van der Waals surface area contributed by atoms with Crippen LogP contribution in [0, 0.1) is 52.3 Å². The standard InChI is InChI=1S/C26H46N2O4S/c1-6-17-13-19-21-8-7-20(16(2)15-27-24(30)28-33(5,31)32)25(21,3)12-10-22(19)26(4)11-9-18(29)14-23(17)26/h16-23,29H,6-15H2,1-5H3,(H2,27,28,30)/t16-,17+,18-,19+,20-,21+,22+,23+,25-,26-/m1/s1. The molecule has 0 aromatic heterocycles. The molecule has 10 atom stereocenters. The van der Waals surface area contributed by atoms with Gasteiger partial charge in [0, 0.05) is 6.54 Å². The highest BCUT2D eigenvalue weighted by molar-refractivity contribution is 7.89. The van der Waals surface area contributed by atoms with Gasteiger partial charge in [-0.1, -0.05) is 34.1 Å². The maximum absolute atomic E-state index is 12.0. The minimum atomic E-state index is -3.54. The highest BCUT2D eigenvalue weighted by Gasteiger charge is 2.62. The van der Waals surface area contributed by atoms with Crippen LogP contribution in [-0.4, -0.2) is 38.5 Å². The normalized spacial score (nSPS) is 45.9. The van der Waals surface area contributed by atoms with Crippen molar-refractivity contribution in [2.45, 2.75) is 91.6 Å². The van der Waals surface area contributed by atoms with Crippen molar-refractivity contribution in [3.05, 3.63) is 0 Å². The van der Waals surface area contributed by atoms with Gasteiger partial charge in [0.15, 0.2) is 0 Å². The molecule has 6 nitrogen and oxygen atoms in total. The summed E-state index contributed by atoms with van der Waals surface area (Å²) in [7, 11) is -3.54. The summed E-state index contributed by atoms with van der Waals surface area (Å²) in [6.07, 6.45) is 11.6. The number of aliphatic hydroxyl groups excluding tert-OH is 1. The predicted molar refractivity (Wildman–Crippen MR) is 131 cm³/mol. The lowest BCUT2D eigenvalue weighted by molar-refractivity contribution is -0.152. The zero-order valence-electron chi connectivity index (χ0n) is 21.3. The van der Waals surface area contributed by atoms with Crippen molar-refractivity contribution in [2.75, 3.05) is 12.8 Å². The molecule has 0 aliphatic heterocycles. The van der Waals surface area contributed by atoms with E-state index in [0.717, 1.165) is 42.8 Å². The highest BCUT2D eigenvalue weighted by atomic mass is 32.2. The number of carbonyl (C=O) groups excluding carboxylic acids is 1. The largest absolute Gasteiger partial charge is 0.393 e. The van der Waals surface area contributed by atoms with E-state index in [1.807, 2.05) is 4.72 Å². The van der Waals surface area contributed by atoms with E-state index in [1.54, 1.807) is 0 Å². The Hall–Kier alpha value is -0.820. The lowest BCUT2D eigenvalue weighted by atomic mass is 9.42. The van der Waals surface area contributed by atoms with Crippen LogP contribution >= 0.6 is 0 Å². The van der Waals surface area contributed by atoms with Crippen LogP contribution in [0.5, 0.6) is 0 Å². The summed E-state index contributed by atoms with van der Waals surface area (Å²) < 4.78 is 24.7. The number of urea groups is 1. The summed E-state index contributed by atoms with van der Waals surface area (Å²) in [5.41, 5.74) is 0.671. The van der Waals surface area contributed by atoms with Gasteiger partial charge in [-0.15, -0.1) is 0 Å². The summed E-state index contributed by atoms with van der Waals surface area (Å²) in [4.78, 5) is 12.0. The van der Waals surface area contributed by atoms with Crippen molar-refractivity contribution in [1.29, 1.82) is 0 Å². The van der Waals surface area contributed by atoms with Crippen molar-refractivity contribution in [1.82, 2.24) is 10.0 Å². The van der Waals surface area contributed by atoms with Crippen molar-refractivity contribution in [3.8, 4) is 0 Å². The van der Waals surface area contributed by atoms with Gasteiger partial charge in [-0.3, -0.25) is 0 Å². The van der Waals surface area contributed by atoms with E-state index in [2.05, 4.69) is 33.0 Å². The molecule has 190 valence electrons. The van der Waals surface area contributed by atoms with Gasteiger partial charge in [-0.2, -0.15) is 0 Å². The second-order valence-corrected chi connectivity index (χ2v) is 14.4. The van der Waals surface area contributed by atoms with Gasteiger partial charge >= 0.3 is 6.03 Å². The van der Waals surface area contributed by atoms with Gasteiger partial charge in [0.05, 0.1) is 12.4 Å². The van der Waals surface area contributed by atoms with Gasteiger partial charge in [0.1, 0.15) is 0 Å². The monoisotopic (exact) mass is 482 g/mol. The molecule has 4 rings (SSSR count). The number of nitrogens with one attached hydrogen (secondary N) is 2. The summed E-state index contributed by atoms with van der Waals surface area (Å²) >= 11 is 0. The molecule has 7 heteroatoms. The third-order valence-corrected chi connectivity index (χ3v) is 11.5. The first-order valence-corrected chi connectivity index (χ1v) is 15.2. The van der Waals surface area contributed by atoms with E-state index in [-0.39, 0.29) is 6.10 Å². The molecular formula is C26H46N2O4S. The van der Waals surface area contributed by atoms with Crippen LogP contribution in [0.4, 0.5) is 4.79 Å². The Bertz CT molecular complexity index is 847. The highest BCUT2D eigenvalue weighted by Crippen LogP contribution is 2.69. The summed E-state index contributed by atoms with van der Waals surface area (Å²) in [6.45, 7) is 10.2. The van der Waals surface area contributed by atoms with E-state index in [9.17, 15) is 18.3 Å². The molecule has 0 unspecified atom stereocenters. The van der Waals surface area contributed by atoms with Crippen LogP contribution in [0.1, 0.15) is 85.5 Å². The number of fused-ring (bicyclic) bond motifs is 5. The average Bonchev–Trinajstić information content (AvgIpc) is 3.08. The van der Waals surface area contributed by atoms with E-state index in [0.29, 0.717) is 35.1 Å². The fourth-order valence-electron chi connectivity index (χ4n) is 9.51. The Labute approximate surface area is 201 Å². The SMILES string of the molecule is CC[C@H]1C[C@@H]2[C@H](CC[C@]3(C)[C@@H]([C@H](C)CNC(=O)NS(C)(=O)=O)CC[C@@H]23)[C@@]2(C)CC[C@@H](O)C[C@@H]12. The quantitative estimate of drug-likeness (QED) is 0.536. The second-order valence-electron chi connectivity index (χ2n) is 12.6. The molecule has 0 radical (unpaired) electrons. The van der Waals surface area contributed by atoms with Crippen molar-refractivity contribution in [3.63, 3.8) is 0 Å². The molecule has 3 N–H and O–H groups in total. The topological polar surface area (TPSA) is 95.5 Å². The number of hydrogen-bond donors (Lipinski definition) is 3. The first-order valence-electron chi connectivity index (χ1n) is 13.3. The van der Waals surface area contributed by atoms with Gasteiger partial charge in [-0.05, 0) is 104 Å². The van der Waals surface area contributed by atoms with Crippen LogP contribution in [0.3, 0.4) is 0 Å². The summed E-state index contributed by atoms with van der Waals surface area (Å²) in [5, 5.41) is 13.2.